The molecule has 7 nitrogen and oxygen atoms in total. The van der Waals surface area contributed by atoms with E-state index in [4.69, 9.17) is 0 Å². The molecule has 0 heterocycles. The summed E-state index contributed by atoms with van der Waals surface area (Å²) in [4.78, 5) is 34.2. The minimum Gasteiger partial charge on any atom is -0.341 e. The molecule has 1 aliphatic carbocycles. The van der Waals surface area contributed by atoms with Crippen molar-refractivity contribution in [1.29, 1.82) is 0 Å². The number of nitro groups is 1. The van der Waals surface area contributed by atoms with Gasteiger partial charge >= 0.3 is 11.8 Å². The van der Waals surface area contributed by atoms with E-state index in [2.05, 4.69) is 10.6 Å². The van der Waals surface area contributed by atoms with Crippen LogP contribution in [-0.4, -0.2) is 16.7 Å². The summed E-state index contributed by atoms with van der Waals surface area (Å²) in [6.45, 7) is 0. The van der Waals surface area contributed by atoms with E-state index in [1.54, 1.807) is 6.07 Å². The summed E-state index contributed by atoms with van der Waals surface area (Å²) in [5, 5.41) is 15.6. The third-order valence-corrected chi connectivity index (χ3v) is 4.01. The van der Waals surface area contributed by atoms with Gasteiger partial charge in [-0.25, -0.2) is 4.39 Å². The summed E-state index contributed by atoms with van der Waals surface area (Å²) >= 11 is 0. The molecule has 2 N–H and O–H groups in total. The molecule has 128 valence electrons. The van der Waals surface area contributed by atoms with Gasteiger partial charge in [-0.2, -0.15) is 0 Å². The molecule has 25 heavy (non-hydrogen) atoms. The minimum atomic E-state index is -0.939. The average Bonchev–Trinajstić information content (AvgIpc) is 2.97. The Morgan fingerprint density at radius 1 is 1.16 bits per heavy atom. The number of rotatable bonds is 3. The number of carbonyl (C=O) groups is 2. The number of benzene rings is 2. The maximum absolute atomic E-state index is 13.4. The van der Waals surface area contributed by atoms with E-state index in [1.165, 1.54) is 30.3 Å². The maximum atomic E-state index is 13.4. The second kappa shape index (κ2) is 6.68. The van der Waals surface area contributed by atoms with Gasteiger partial charge in [0.2, 0.25) is 0 Å². The Labute approximate surface area is 142 Å². The van der Waals surface area contributed by atoms with Crippen molar-refractivity contribution in [3.63, 3.8) is 0 Å². The van der Waals surface area contributed by atoms with E-state index in [0.717, 1.165) is 11.6 Å². The molecule has 0 spiro atoms. The molecular formula is C17H14FN3O4. The first-order chi connectivity index (χ1) is 11.9. The number of halogens is 1. The number of amides is 2. The van der Waals surface area contributed by atoms with Gasteiger partial charge < -0.3 is 10.6 Å². The molecule has 1 unspecified atom stereocenters. The Morgan fingerprint density at radius 2 is 1.96 bits per heavy atom. The number of nitro benzene ring substituents is 1. The highest BCUT2D eigenvalue weighted by molar-refractivity contribution is 6.39. The van der Waals surface area contributed by atoms with Crippen LogP contribution in [0.4, 0.5) is 15.8 Å². The second-order valence-electron chi connectivity index (χ2n) is 5.67. The molecule has 2 aromatic carbocycles. The van der Waals surface area contributed by atoms with Crippen molar-refractivity contribution in [2.45, 2.75) is 18.9 Å². The van der Waals surface area contributed by atoms with Crippen molar-refractivity contribution in [2.24, 2.45) is 0 Å². The van der Waals surface area contributed by atoms with Crippen molar-refractivity contribution in [1.82, 2.24) is 5.32 Å². The van der Waals surface area contributed by atoms with E-state index in [-0.39, 0.29) is 11.4 Å². The van der Waals surface area contributed by atoms with E-state index in [0.29, 0.717) is 18.4 Å². The Bertz CT molecular complexity index is 869. The Kier molecular flexibility index (Phi) is 4.42. The summed E-state index contributed by atoms with van der Waals surface area (Å²) < 4.78 is 13.4. The van der Waals surface area contributed by atoms with Crippen molar-refractivity contribution < 1.29 is 18.9 Å². The van der Waals surface area contributed by atoms with Crippen molar-refractivity contribution >= 4 is 23.2 Å². The molecule has 1 atom stereocenters. The van der Waals surface area contributed by atoms with E-state index in [9.17, 15) is 24.1 Å². The highest BCUT2D eigenvalue weighted by Gasteiger charge is 2.26. The lowest BCUT2D eigenvalue weighted by molar-refractivity contribution is -0.384. The number of non-ortho nitro benzene ring substituents is 1. The second-order valence-corrected chi connectivity index (χ2v) is 5.67. The van der Waals surface area contributed by atoms with Crippen LogP contribution in [0.5, 0.6) is 0 Å². The van der Waals surface area contributed by atoms with Crippen LogP contribution in [0.1, 0.15) is 23.6 Å². The van der Waals surface area contributed by atoms with Crippen LogP contribution >= 0.6 is 0 Å². The summed E-state index contributed by atoms with van der Waals surface area (Å²) in [5.41, 5.74) is 1.55. The van der Waals surface area contributed by atoms with Crippen LogP contribution in [0.25, 0.3) is 0 Å². The number of nitrogens with zero attached hydrogens (tertiary/aromatic N) is 1. The standard InChI is InChI=1S/C17H14FN3O4/c18-11-6-4-10-5-7-15(14(10)8-11)20-17(23)16(22)19-12-2-1-3-13(9-12)21(24)25/h1-4,6,8-9,15H,5,7H2,(H,19,22)(H,20,23). The first kappa shape index (κ1) is 16.6. The Hall–Kier alpha value is -3.29. The fourth-order valence-corrected chi connectivity index (χ4v) is 2.83. The monoisotopic (exact) mass is 343 g/mol. The van der Waals surface area contributed by atoms with Gasteiger partial charge in [-0.05, 0) is 42.2 Å². The fourth-order valence-electron chi connectivity index (χ4n) is 2.83. The molecule has 2 amide bonds. The molecular weight excluding hydrogens is 329 g/mol. The number of anilines is 1. The predicted octanol–water partition coefficient (Wildman–Crippen LogP) is 2.48. The van der Waals surface area contributed by atoms with Gasteiger partial charge in [-0.3, -0.25) is 19.7 Å². The van der Waals surface area contributed by atoms with Crippen LogP contribution in [-0.2, 0) is 16.0 Å². The van der Waals surface area contributed by atoms with Crippen LogP contribution < -0.4 is 10.6 Å². The van der Waals surface area contributed by atoms with Crippen molar-refractivity contribution in [3.05, 3.63) is 69.5 Å². The zero-order valence-corrected chi connectivity index (χ0v) is 13.0. The largest absolute Gasteiger partial charge is 0.341 e. The summed E-state index contributed by atoms with van der Waals surface area (Å²) in [7, 11) is 0. The molecule has 0 radical (unpaired) electrons. The van der Waals surface area contributed by atoms with Gasteiger partial charge in [0.1, 0.15) is 5.82 Å². The third-order valence-electron chi connectivity index (χ3n) is 4.01. The number of aryl methyl sites for hydroxylation is 1. The number of nitrogens with one attached hydrogen (secondary N) is 2. The molecule has 0 fully saturated rings. The number of carbonyl (C=O) groups excluding carboxylic acids is 2. The first-order valence-electron chi connectivity index (χ1n) is 7.58. The van der Waals surface area contributed by atoms with Crippen molar-refractivity contribution in [3.8, 4) is 0 Å². The lowest BCUT2D eigenvalue weighted by Crippen LogP contribution is -2.37. The van der Waals surface area contributed by atoms with Crippen LogP contribution in [0, 0.1) is 15.9 Å². The SMILES string of the molecule is O=C(Nc1cccc([N+](=O)[O-])c1)C(=O)NC1CCc2ccc(F)cc21. The van der Waals surface area contributed by atoms with Gasteiger partial charge in [-0.15, -0.1) is 0 Å². The van der Waals surface area contributed by atoms with Crippen LogP contribution in [0.15, 0.2) is 42.5 Å². The smallest absolute Gasteiger partial charge is 0.313 e. The normalized spacial score (nSPS) is 15.3. The topological polar surface area (TPSA) is 101 Å². The van der Waals surface area contributed by atoms with Crippen molar-refractivity contribution in [2.75, 3.05) is 5.32 Å². The van der Waals surface area contributed by atoms with Gasteiger partial charge in [0.05, 0.1) is 11.0 Å². The Balaban J connectivity index is 1.66. The molecule has 0 saturated heterocycles. The van der Waals surface area contributed by atoms with Gasteiger partial charge in [0.15, 0.2) is 0 Å². The highest BCUT2D eigenvalue weighted by Crippen LogP contribution is 2.31. The number of fused-ring (bicyclic) bond motifs is 1. The quantitative estimate of drug-likeness (QED) is 0.508. The maximum Gasteiger partial charge on any atom is 0.313 e. The predicted molar refractivity (Wildman–Crippen MR) is 87.3 cm³/mol. The lowest BCUT2D eigenvalue weighted by atomic mass is 10.1. The van der Waals surface area contributed by atoms with Gasteiger partial charge in [0.25, 0.3) is 5.69 Å². The van der Waals surface area contributed by atoms with E-state index >= 15 is 0 Å². The lowest BCUT2D eigenvalue weighted by Gasteiger charge is -2.14. The molecule has 0 aliphatic heterocycles. The minimum absolute atomic E-state index is 0.146. The molecule has 1 aliphatic rings. The summed E-state index contributed by atoms with van der Waals surface area (Å²) in [5.74, 6) is -2.22. The van der Waals surface area contributed by atoms with E-state index in [1.807, 2.05) is 0 Å². The van der Waals surface area contributed by atoms with Gasteiger partial charge in [-0.1, -0.05) is 12.1 Å². The van der Waals surface area contributed by atoms with Gasteiger partial charge in [0, 0.05) is 17.8 Å². The molecule has 0 bridgehead atoms. The zero-order valence-electron chi connectivity index (χ0n) is 13.0. The fraction of sp³-hybridized carbons (Fsp3) is 0.176. The first-order valence-corrected chi connectivity index (χ1v) is 7.58. The zero-order chi connectivity index (χ0) is 18.0. The Morgan fingerprint density at radius 3 is 2.72 bits per heavy atom. The highest BCUT2D eigenvalue weighted by atomic mass is 19.1. The number of hydrogen-bond acceptors (Lipinski definition) is 4. The summed E-state index contributed by atoms with van der Waals surface area (Å²) in [6.07, 6.45) is 1.27. The average molecular weight is 343 g/mol. The van der Waals surface area contributed by atoms with Crippen LogP contribution in [0.3, 0.4) is 0 Å². The summed E-state index contributed by atoms with van der Waals surface area (Å²) in [6, 6.07) is 9.23. The molecule has 3 rings (SSSR count). The molecule has 2 aromatic rings. The molecule has 0 saturated carbocycles. The van der Waals surface area contributed by atoms with Crippen LogP contribution in [0.2, 0.25) is 0 Å². The van der Waals surface area contributed by atoms with E-state index < -0.39 is 28.6 Å². The third kappa shape index (κ3) is 3.63. The molecule has 0 aromatic heterocycles. The number of hydrogen-bond donors (Lipinski definition) is 2. The molecule has 8 heteroatoms.